The maximum atomic E-state index is 13.5. The lowest BCUT2D eigenvalue weighted by molar-refractivity contribution is -0.119. The lowest BCUT2D eigenvalue weighted by atomic mass is 10.1. The number of thiazole rings is 1. The van der Waals surface area contributed by atoms with E-state index in [2.05, 4.69) is 11.1 Å². The topological polar surface area (TPSA) is 98.3 Å². The van der Waals surface area contributed by atoms with E-state index in [9.17, 15) is 14.4 Å². The molecule has 0 N–H and O–H groups in total. The summed E-state index contributed by atoms with van der Waals surface area (Å²) in [5, 5.41) is 0.621. The third-order valence-electron chi connectivity index (χ3n) is 5.63. The summed E-state index contributed by atoms with van der Waals surface area (Å²) in [5.74, 6) is -0.208. The quantitative estimate of drug-likeness (QED) is 0.422. The Morgan fingerprint density at radius 3 is 2.52 bits per heavy atom. The number of benzene rings is 1. The van der Waals surface area contributed by atoms with Crippen LogP contribution in [0.15, 0.2) is 28.0 Å². The number of amides is 1. The standard InChI is InChI=1S/C22H27N7O3S/c1-13-9-14(2)18-15(10-13)24-21(33-18)29(8-7-25(3)4)16(30)11-28-12-23-19-17(28)20(31)27(6)22(32)26(19)5/h9-10,12H,7-8,11H2,1-6H3. The van der Waals surface area contributed by atoms with Crippen molar-refractivity contribution in [3.05, 3.63) is 50.4 Å². The van der Waals surface area contributed by atoms with Gasteiger partial charge in [-0.05, 0) is 45.1 Å². The minimum atomic E-state index is -0.482. The third kappa shape index (κ3) is 4.09. The molecule has 0 saturated carbocycles. The summed E-state index contributed by atoms with van der Waals surface area (Å²) in [6.07, 6.45) is 1.43. The fourth-order valence-electron chi connectivity index (χ4n) is 3.86. The van der Waals surface area contributed by atoms with Gasteiger partial charge in [-0.25, -0.2) is 14.8 Å². The summed E-state index contributed by atoms with van der Waals surface area (Å²) in [5.41, 5.74) is 2.64. The van der Waals surface area contributed by atoms with Gasteiger partial charge in [0.1, 0.15) is 6.54 Å². The number of nitrogens with zero attached hydrogens (tertiary/aromatic N) is 7. The molecule has 0 fully saturated rings. The van der Waals surface area contributed by atoms with Crippen molar-refractivity contribution in [2.45, 2.75) is 20.4 Å². The highest BCUT2D eigenvalue weighted by atomic mass is 32.1. The first-order chi connectivity index (χ1) is 15.6. The fraction of sp³-hybridized carbons (Fsp3) is 0.409. The molecule has 3 aromatic heterocycles. The molecule has 3 heterocycles. The van der Waals surface area contributed by atoms with Crippen LogP contribution >= 0.6 is 11.3 Å². The Morgan fingerprint density at radius 1 is 1.09 bits per heavy atom. The number of aryl methyl sites for hydroxylation is 3. The lowest BCUT2D eigenvalue weighted by Gasteiger charge is -2.22. The molecule has 1 amide bonds. The summed E-state index contributed by atoms with van der Waals surface area (Å²) < 4.78 is 4.88. The number of likely N-dealkylation sites (N-methyl/N-ethyl adjacent to an activating group) is 1. The van der Waals surface area contributed by atoms with E-state index < -0.39 is 11.2 Å². The largest absolute Gasteiger partial charge is 0.332 e. The Labute approximate surface area is 194 Å². The second kappa shape index (κ2) is 8.56. The van der Waals surface area contributed by atoms with Gasteiger partial charge >= 0.3 is 5.69 Å². The zero-order valence-corrected chi connectivity index (χ0v) is 20.4. The maximum absolute atomic E-state index is 13.5. The molecular formula is C22H27N7O3S. The van der Waals surface area contributed by atoms with Gasteiger partial charge in [-0.1, -0.05) is 17.4 Å². The molecule has 0 aliphatic rings. The number of carbonyl (C=O) groups excluding carboxylic acids is 1. The van der Waals surface area contributed by atoms with Gasteiger partial charge in [-0.2, -0.15) is 0 Å². The highest BCUT2D eigenvalue weighted by Crippen LogP contribution is 2.32. The van der Waals surface area contributed by atoms with Gasteiger partial charge < -0.3 is 9.47 Å². The van der Waals surface area contributed by atoms with Crippen LogP contribution in [0.3, 0.4) is 0 Å². The van der Waals surface area contributed by atoms with Crippen LogP contribution in [-0.2, 0) is 25.4 Å². The Morgan fingerprint density at radius 2 is 1.82 bits per heavy atom. The monoisotopic (exact) mass is 469 g/mol. The van der Waals surface area contributed by atoms with Crippen LogP contribution in [0.4, 0.5) is 5.13 Å². The summed E-state index contributed by atoms with van der Waals surface area (Å²) in [6, 6.07) is 4.12. The van der Waals surface area contributed by atoms with Crippen LogP contribution in [0.25, 0.3) is 21.4 Å². The van der Waals surface area contributed by atoms with E-state index in [1.165, 1.54) is 33.8 Å². The molecule has 174 valence electrons. The summed E-state index contributed by atoms with van der Waals surface area (Å²) in [6.45, 7) is 5.08. The van der Waals surface area contributed by atoms with E-state index >= 15 is 0 Å². The normalized spacial score (nSPS) is 11.7. The van der Waals surface area contributed by atoms with Crippen molar-refractivity contribution in [1.82, 2.24) is 28.6 Å². The molecular weight excluding hydrogens is 442 g/mol. The lowest BCUT2D eigenvalue weighted by Crippen LogP contribution is -2.40. The fourth-order valence-corrected chi connectivity index (χ4v) is 4.91. The van der Waals surface area contributed by atoms with E-state index in [1.807, 2.05) is 38.9 Å². The number of hydrogen-bond donors (Lipinski definition) is 0. The van der Waals surface area contributed by atoms with Gasteiger partial charge in [0.05, 0.1) is 16.5 Å². The summed E-state index contributed by atoms with van der Waals surface area (Å²) in [4.78, 5) is 51.1. The summed E-state index contributed by atoms with van der Waals surface area (Å²) >= 11 is 1.49. The van der Waals surface area contributed by atoms with E-state index in [-0.39, 0.29) is 23.6 Å². The Kier molecular flexibility index (Phi) is 5.93. The number of carbonyl (C=O) groups is 1. The van der Waals surface area contributed by atoms with Crippen molar-refractivity contribution in [2.75, 3.05) is 32.1 Å². The zero-order chi connectivity index (χ0) is 24.0. The predicted octanol–water partition coefficient (Wildman–Crippen LogP) is 1.26. The number of fused-ring (bicyclic) bond motifs is 2. The number of rotatable bonds is 6. The number of imidazole rings is 1. The molecule has 11 heteroatoms. The smallest absolute Gasteiger partial charge is 0.315 e. The minimum absolute atomic E-state index is 0.0920. The van der Waals surface area contributed by atoms with Gasteiger partial charge in [0, 0.05) is 27.2 Å². The second-order valence-corrected chi connectivity index (χ2v) is 9.50. The number of hydrogen-bond acceptors (Lipinski definition) is 7. The molecule has 1 aromatic carbocycles. The van der Waals surface area contributed by atoms with Crippen LogP contribution < -0.4 is 16.1 Å². The highest BCUT2D eigenvalue weighted by molar-refractivity contribution is 7.22. The molecule has 0 spiro atoms. The average molecular weight is 470 g/mol. The van der Waals surface area contributed by atoms with Crippen LogP contribution in [0.2, 0.25) is 0 Å². The van der Waals surface area contributed by atoms with Gasteiger partial charge in [0.15, 0.2) is 16.3 Å². The SMILES string of the molecule is Cc1cc(C)c2sc(N(CCN(C)C)C(=O)Cn3cnc4c3c(=O)n(C)c(=O)n4C)nc2c1. The number of anilines is 1. The minimum Gasteiger partial charge on any atom is -0.315 e. The van der Waals surface area contributed by atoms with E-state index in [4.69, 9.17) is 4.98 Å². The van der Waals surface area contributed by atoms with Crippen molar-refractivity contribution in [3.8, 4) is 0 Å². The van der Waals surface area contributed by atoms with Crippen molar-refractivity contribution in [3.63, 3.8) is 0 Å². The predicted molar refractivity (Wildman–Crippen MR) is 130 cm³/mol. The Balaban J connectivity index is 1.75. The highest BCUT2D eigenvalue weighted by Gasteiger charge is 2.23. The van der Waals surface area contributed by atoms with Gasteiger partial charge in [0.2, 0.25) is 5.91 Å². The molecule has 33 heavy (non-hydrogen) atoms. The van der Waals surface area contributed by atoms with Crippen LogP contribution in [0.1, 0.15) is 11.1 Å². The Hall–Kier alpha value is -3.31. The molecule has 10 nitrogen and oxygen atoms in total. The average Bonchev–Trinajstić information content (AvgIpc) is 3.35. The molecule has 0 bridgehead atoms. The van der Waals surface area contributed by atoms with Crippen molar-refractivity contribution < 1.29 is 4.79 Å². The van der Waals surface area contributed by atoms with E-state index in [1.54, 1.807) is 11.9 Å². The molecule has 4 rings (SSSR count). The van der Waals surface area contributed by atoms with Crippen LogP contribution in [0, 0.1) is 13.8 Å². The van der Waals surface area contributed by atoms with Gasteiger partial charge in [0.25, 0.3) is 5.56 Å². The van der Waals surface area contributed by atoms with E-state index in [0.717, 1.165) is 25.9 Å². The molecule has 0 aliphatic heterocycles. The molecule has 0 saturated heterocycles. The van der Waals surface area contributed by atoms with Crippen LogP contribution in [0.5, 0.6) is 0 Å². The summed E-state index contributed by atoms with van der Waals surface area (Å²) in [7, 11) is 6.86. The van der Waals surface area contributed by atoms with Crippen molar-refractivity contribution in [1.29, 1.82) is 0 Å². The molecule has 0 atom stereocenters. The van der Waals surface area contributed by atoms with E-state index in [0.29, 0.717) is 18.2 Å². The Bertz CT molecular complexity index is 1490. The molecule has 4 aromatic rings. The second-order valence-electron chi connectivity index (χ2n) is 8.53. The molecule has 0 unspecified atom stereocenters. The first-order valence-electron chi connectivity index (χ1n) is 10.5. The van der Waals surface area contributed by atoms with Gasteiger partial charge in [-0.3, -0.25) is 23.6 Å². The van der Waals surface area contributed by atoms with Crippen molar-refractivity contribution in [2.24, 2.45) is 14.1 Å². The van der Waals surface area contributed by atoms with Crippen LogP contribution in [-0.4, -0.2) is 61.7 Å². The first kappa shape index (κ1) is 22.9. The first-order valence-corrected chi connectivity index (χ1v) is 11.3. The van der Waals surface area contributed by atoms with Crippen molar-refractivity contribution >= 4 is 43.8 Å². The molecule has 0 radical (unpaired) electrons. The number of aromatic nitrogens is 5. The van der Waals surface area contributed by atoms with Gasteiger partial charge in [-0.15, -0.1) is 0 Å². The zero-order valence-electron chi connectivity index (χ0n) is 19.6. The maximum Gasteiger partial charge on any atom is 0.332 e. The molecule has 0 aliphatic carbocycles. The third-order valence-corrected chi connectivity index (χ3v) is 6.86.